The van der Waals surface area contributed by atoms with Gasteiger partial charge in [0, 0.05) is 19.6 Å². The first-order chi connectivity index (χ1) is 8.59. The maximum atomic E-state index is 12.3. The molecule has 1 amide bonds. The quantitative estimate of drug-likeness (QED) is 0.926. The highest BCUT2D eigenvalue weighted by Gasteiger charge is 2.32. The zero-order valence-electron chi connectivity index (χ0n) is 11.6. The minimum Gasteiger partial charge on any atom is -0.341 e. The SMILES string of the molecule is Cc1ccccc1CN(C)C(=O)C1CCCC1N.Cl. The molecule has 19 heavy (non-hydrogen) atoms. The number of halogens is 1. The molecule has 2 N–H and O–H groups in total. The Morgan fingerprint density at radius 3 is 2.63 bits per heavy atom. The average Bonchev–Trinajstić information content (AvgIpc) is 2.77. The van der Waals surface area contributed by atoms with E-state index in [1.165, 1.54) is 11.1 Å². The third-order valence-electron chi connectivity index (χ3n) is 3.93. The summed E-state index contributed by atoms with van der Waals surface area (Å²) in [5, 5.41) is 0. The van der Waals surface area contributed by atoms with Gasteiger partial charge >= 0.3 is 0 Å². The molecule has 2 rings (SSSR count). The monoisotopic (exact) mass is 282 g/mol. The molecule has 1 aliphatic rings. The van der Waals surface area contributed by atoms with E-state index in [4.69, 9.17) is 5.73 Å². The molecule has 1 saturated carbocycles. The summed E-state index contributed by atoms with van der Waals surface area (Å²) in [6.45, 7) is 2.75. The van der Waals surface area contributed by atoms with Gasteiger partial charge in [0.15, 0.2) is 0 Å². The van der Waals surface area contributed by atoms with E-state index in [0.717, 1.165) is 19.3 Å². The Balaban J connectivity index is 0.00000180. The molecule has 0 heterocycles. The summed E-state index contributed by atoms with van der Waals surface area (Å²) < 4.78 is 0. The average molecular weight is 283 g/mol. The molecule has 3 nitrogen and oxygen atoms in total. The summed E-state index contributed by atoms with van der Waals surface area (Å²) >= 11 is 0. The van der Waals surface area contributed by atoms with Crippen molar-refractivity contribution in [2.45, 2.75) is 38.8 Å². The van der Waals surface area contributed by atoms with E-state index >= 15 is 0 Å². The van der Waals surface area contributed by atoms with Crippen LogP contribution in [0.2, 0.25) is 0 Å². The fourth-order valence-corrected chi connectivity index (χ4v) is 2.70. The molecule has 2 unspecified atom stereocenters. The first-order valence-corrected chi connectivity index (χ1v) is 6.64. The lowest BCUT2D eigenvalue weighted by Gasteiger charge is -2.24. The van der Waals surface area contributed by atoms with E-state index in [2.05, 4.69) is 19.1 Å². The Kier molecular flexibility index (Phi) is 5.83. The fraction of sp³-hybridized carbons (Fsp3) is 0.533. The number of amides is 1. The minimum atomic E-state index is 0. The Bertz CT molecular complexity index is 436. The van der Waals surface area contributed by atoms with E-state index in [0.29, 0.717) is 6.54 Å². The van der Waals surface area contributed by atoms with Crippen LogP contribution in [0.4, 0.5) is 0 Å². The van der Waals surface area contributed by atoms with E-state index in [1.807, 2.05) is 24.1 Å². The van der Waals surface area contributed by atoms with Crippen molar-refractivity contribution in [1.29, 1.82) is 0 Å². The van der Waals surface area contributed by atoms with Crippen LogP contribution < -0.4 is 5.73 Å². The van der Waals surface area contributed by atoms with Crippen molar-refractivity contribution in [3.05, 3.63) is 35.4 Å². The molecule has 0 spiro atoms. The number of hydrogen-bond donors (Lipinski definition) is 1. The molecule has 4 heteroatoms. The van der Waals surface area contributed by atoms with Crippen molar-refractivity contribution >= 4 is 18.3 Å². The number of rotatable bonds is 3. The largest absolute Gasteiger partial charge is 0.341 e. The Labute approximate surface area is 121 Å². The van der Waals surface area contributed by atoms with Crippen molar-refractivity contribution in [2.75, 3.05) is 7.05 Å². The predicted octanol–water partition coefficient (Wildman–Crippen LogP) is 2.50. The standard InChI is InChI=1S/C15H22N2O.ClH/c1-11-6-3-4-7-12(11)10-17(2)15(18)13-8-5-9-14(13)16;/h3-4,6-7,13-14H,5,8-10,16H2,1-2H3;1H. The van der Waals surface area contributed by atoms with Crippen molar-refractivity contribution in [1.82, 2.24) is 4.90 Å². The van der Waals surface area contributed by atoms with Crippen LogP contribution in [0.25, 0.3) is 0 Å². The number of carbonyl (C=O) groups is 1. The van der Waals surface area contributed by atoms with Crippen LogP contribution in [0.5, 0.6) is 0 Å². The highest BCUT2D eigenvalue weighted by atomic mass is 35.5. The number of aryl methyl sites for hydroxylation is 1. The lowest BCUT2D eigenvalue weighted by molar-refractivity contribution is -0.134. The molecular formula is C15H23ClN2O. The molecule has 0 aliphatic heterocycles. The van der Waals surface area contributed by atoms with Gasteiger partial charge in [-0.1, -0.05) is 30.7 Å². The zero-order chi connectivity index (χ0) is 13.1. The van der Waals surface area contributed by atoms with E-state index in [-0.39, 0.29) is 30.3 Å². The van der Waals surface area contributed by atoms with Crippen LogP contribution in [0.1, 0.15) is 30.4 Å². The van der Waals surface area contributed by atoms with Crippen LogP contribution in [0.15, 0.2) is 24.3 Å². The molecule has 1 aromatic carbocycles. The summed E-state index contributed by atoms with van der Waals surface area (Å²) in [5.74, 6) is 0.224. The van der Waals surface area contributed by atoms with Crippen LogP contribution in [-0.2, 0) is 11.3 Å². The Hall–Kier alpha value is -1.06. The highest BCUT2D eigenvalue weighted by Crippen LogP contribution is 2.26. The third kappa shape index (κ3) is 3.71. The maximum Gasteiger partial charge on any atom is 0.227 e. The van der Waals surface area contributed by atoms with E-state index in [9.17, 15) is 4.79 Å². The maximum absolute atomic E-state index is 12.3. The van der Waals surface area contributed by atoms with Crippen molar-refractivity contribution in [3.63, 3.8) is 0 Å². The molecule has 0 radical (unpaired) electrons. The molecule has 0 aromatic heterocycles. The first kappa shape index (κ1) is 16.0. The second-order valence-electron chi connectivity index (χ2n) is 5.32. The Morgan fingerprint density at radius 2 is 2.05 bits per heavy atom. The molecule has 1 aliphatic carbocycles. The van der Waals surface area contributed by atoms with Gasteiger partial charge in [-0.3, -0.25) is 4.79 Å². The predicted molar refractivity (Wildman–Crippen MR) is 80.2 cm³/mol. The van der Waals surface area contributed by atoms with Gasteiger partial charge in [0.05, 0.1) is 5.92 Å². The van der Waals surface area contributed by atoms with Gasteiger partial charge in [-0.15, -0.1) is 12.4 Å². The van der Waals surface area contributed by atoms with Crippen LogP contribution in [0.3, 0.4) is 0 Å². The van der Waals surface area contributed by atoms with Crippen LogP contribution in [0, 0.1) is 12.8 Å². The third-order valence-corrected chi connectivity index (χ3v) is 3.93. The van der Waals surface area contributed by atoms with E-state index in [1.54, 1.807) is 0 Å². The fourth-order valence-electron chi connectivity index (χ4n) is 2.70. The van der Waals surface area contributed by atoms with Gasteiger partial charge in [0.1, 0.15) is 0 Å². The number of benzene rings is 1. The van der Waals surface area contributed by atoms with Crippen molar-refractivity contribution in [3.8, 4) is 0 Å². The van der Waals surface area contributed by atoms with Gasteiger partial charge in [0.2, 0.25) is 5.91 Å². The summed E-state index contributed by atoms with van der Waals surface area (Å²) in [6.07, 6.45) is 3.00. The molecule has 1 fully saturated rings. The second-order valence-corrected chi connectivity index (χ2v) is 5.32. The summed E-state index contributed by atoms with van der Waals surface area (Å²) in [4.78, 5) is 14.1. The minimum absolute atomic E-state index is 0. The van der Waals surface area contributed by atoms with Gasteiger partial charge in [-0.25, -0.2) is 0 Å². The molecule has 2 atom stereocenters. The summed E-state index contributed by atoms with van der Waals surface area (Å²) in [7, 11) is 1.87. The summed E-state index contributed by atoms with van der Waals surface area (Å²) in [5.41, 5.74) is 8.43. The van der Waals surface area contributed by atoms with Crippen LogP contribution in [-0.4, -0.2) is 23.9 Å². The number of nitrogens with two attached hydrogens (primary N) is 1. The molecule has 1 aromatic rings. The topological polar surface area (TPSA) is 46.3 Å². The first-order valence-electron chi connectivity index (χ1n) is 6.64. The van der Waals surface area contributed by atoms with Gasteiger partial charge in [0.25, 0.3) is 0 Å². The van der Waals surface area contributed by atoms with Crippen molar-refractivity contribution < 1.29 is 4.79 Å². The van der Waals surface area contributed by atoms with Gasteiger partial charge in [-0.2, -0.15) is 0 Å². The smallest absolute Gasteiger partial charge is 0.227 e. The summed E-state index contributed by atoms with van der Waals surface area (Å²) in [6, 6.07) is 8.25. The Morgan fingerprint density at radius 1 is 1.37 bits per heavy atom. The number of nitrogens with zero attached hydrogens (tertiary/aromatic N) is 1. The number of hydrogen-bond acceptors (Lipinski definition) is 2. The zero-order valence-corrected chi connectivity index (χ0v) is 12.5. The van der Waals surface area contributed by atoms with E-state index < -0.39 is 0 Å². The second kappa shape index (κ2) is 6.92. The van der Waals surface area contributed by atoms with Gasteiger partial charge < -0.3 is 10.6 Å². The molecular weight excluding hydrogens is 260 g/mol. The number of carbonyl (C=O) groups excluding carboxylic acids is 1. The normalized spacial score (nSPS) is 21.8. The molecule has 0 saturated heterocycles. The lowest BCUT2D eigenvalue weighted by Crippen LogP contribution is -2.39. The molecule has 0 bridgehead atoms. The highest BCUT2D eigenvalue weighted by molar-refractivity contribution is 5.85. The van der Waals surface area contributed by atoms with Crippen molar-refractivity contribution in [2.24, 2.45) is 11.7 Å². The lowest BCUT2D eigenvalue weighted by atomic mass is 10.0. The van der Waals surface area contributed by atoms with Gasteiger partial charge in [-0.05, 0) is 30.9 Å². The van der Waals surface area contributed by atoms with Crippen LogP contribution >= 0.6 is 12.4 Å². The molecule has 106 valence electrons.